The summed E-state index contributed by atoms with van der Waals surface area (Å²) in [5, 5.41) is 0. The molecule has 0 heterocycles. The van der Waals surface area contributed by atoms with Crippen molar-refractivity contribution < 1.29 is 32.2 Å². The van der Waals surface area contributed by atoms with Crippen molar-refractivity contribution in [2.24, 2.45) is 0 Å². The number of nitrogens with zero attached hydrogens (tertiary/aromatic N) is 1. The molecular formula is C9H14F3NO4. The molecule has 0 N–H and O–H groups in total. The fraction of sp³-hybridized carbons (Fsp3) is 0.778. The average molecular weight is 257 g/mol. The zero-order valence-corrected chi connectivity index (χ0v) is 9.54. The maximum absolute atomic E-state index is 12.1. The van der Waals surface area contributed by atoms with Gasteiger partial charge in [-0.2, -0.15) is 13.2 Å². The summed E-state index contributed by atoms with van der Waals surface area (Å²) in [5.41, 5.74) is 0. The summed E-state index contributed by atoms with van der Waals surface area (Å²) in [7, 11) is 1.11. The molecule has 100 valence electrons. The van der Waals surface area contributed by atoms with Crippen LogP contribution in [0.1, 0.15) is 13.3 Å². The molecule has 0 fully saturated rings. The summed E-state index contributed by atoms with van der Waals surface area (Å²) in [6.07, 6.45) is -5.96. The van der Waals surface area contributed by atoms with Crippen molar-refractivity contribution in [1.82, 2.24) is 4.90 Å². The first-order chi connectivity index (χ1) is 7.80. The van der Waals surface area contributed by atoms with Gasteiger partial charge in [-0.1, -0.05) is 0 Å². The van der Waals surface area contributed by atoms with Gasteiger partial charge < -0.3 is 9.47 Å². The number of rotatable bonds is 5. The van der Waals surface area contributed by atoms with Gasteiger partial charge in [-0.25, -0.2) is 4.79 Å². The highest BCUT2D eigenvalue weighted by Crippen LogP contribution is 2.17. The standard InChI is InChI=1S/C9H14F3NO4/c1-3-17-8(15)13(6-9(10,11)12)5-4-7(14)16-2/h3-6H2,1-2H3. The predicted molar refractivity (Wildman–Crippen MR) is 51.3 cm³/mol. The van der Waals surface area contributed by atoms with Gasteiger partial charge in [0.15, 0.2) is 0 Å². The summed E-state index contributed by atoms with van der Waals surface area (Å²) in [4.78, 5) is 22.4. The van der Waals surface area contributed by atoms with Gasteiger partial charge >= 0.3 is 18.2 Å². The molecule has 0 saturated heterocycles. The molecule has 0 bridgehead atoms. The van der Waals surface area contributed by atoms with Gasteiger partial charge in [0.2, 0.25) is 0 Å². The third kappa shape index (κ3) is 7.42. The van der Waals surface area contributed by atoms with Crippen molar-refractivity contribution in [2.45, 2.75) is 19.5 Å². The maximum Gasteiger partial charge on any atom is 0.410 e. The van der Waals surface area contributed by atoms with Crippen LogP contribution in [0.4, 0.5) is 18.0 Å². The summed E-state index contributed by atoms with van der Waals surface area (Å²) >= 11 is 0. The van der Waals surface area contributed by atoms with E-state index in [1.807, 2.05) is 0 Å². The van der Waals surface area contributed by atoms with Gasteiger partial charge in [-0.3, -0.25) is 9.69 Å². The van der Waals surface area contributed by atoms with E-state index in [2.05, 4.69) is 9.47 Å². The molecular weight excluding hydrogens is 243 g/mol. The van der Waals surface area contributed by atoms with E-state index in [1.54, 1.807) is 0 Å². The minimum atomic E-state index is -4.54. The molecule has 5 nitrogen and oxygen atoms in total. The van der Waals surface area contributed by atoms with E-state index in [0.717, 1.165) is 7.11 Å². The number of alkyl halides is 3. The minimum absolute atomic E-state index is 0.0363. The van der Waals surface area contributed by atoms with E-state index in [1.165, 1.54) is 6.92 Å². The number of carbonyl (C=O) groups is 2. The van der Waals surface area contributed by atoms with Crippen LogP contribution >= 0.6 is 0 Å². The van der Waals surface area contributed by atoms with E-state index in [4.69, 9.17) is 0 Å². The number of hydrogen-bond donors (Lipinski definition) is 0. The van der Waals surface area contributed by atoms with Crippen LogP contribution < -0.4 is 0 Å². The highest BCUT2D eigenvalue weighted by Gasteiger charge is 2.33. The second-order valence-electron chi connectivity index (χ2n) is 3.06. The van der Waals surface area contributed by atoms with E-state index >= 15 is 0 Å². The van der Waals surface area contributed by atoms with Gasteiger partial charge in [0, 0.05) is 6.54 Å². The topological polar surface area (TPSA) is 55.8 Å². The third-order valence-corrected chi connectivity index (χ3v) is 1.71. The fourth-order valence-electron chi connectivity index (χ4n) is 0.994. The number of ether oxygens (including phenoxy) is 2. The monoisotopic (exact) mass is 257 g/mol. The second-order valence-corrected chi connectivity index (χ2v) is 3.06. The van der Waals surface area contributed by atoms with Crippen LogP contribution in [0.5, 0.6) is 0 Å². The Bertz CT molecular complexity index is 267. The molecule has 17 heavy (non-hydrogen) atoms. The Morgan fingerprint density at radius 2 is 1.88 bits per heavy atom. The quantitative estimate of drug-likeness (QED) is 0.701. The van der Waals surface area contributed by atoms with Crippen LogP contribution in [0.25, 0.3) is 0 Å². The Balaban J connectivity index is 4.40. The Morgan fingerprint density at radius 3 is 2.29 bits per heavy atom. The van der Waals surface area contributed by atoms with Crippen LogP contribution in [0.3, 0.4) is 0 Å². The summed E-state index contributed by atoms with van der Waals surface area (Å²) in [6, 6.07) is 0. The Kier molecular flexibility index (Phi) is 6.37. The molecule has 0 aliphatic heterocycles. The molecule has 0 saturated carbocycles. The van der Waals surface area contributed by atoms with Crippen LogP contribution in [-0.4, -0.2) is 49.9 Å². The normalized spacial score (nSPS) is 10.9. The first-order valence-electron chi connectivity index (χ1n) is 4.85. The average Bonchev–Trinajstić information content (AvgIpc) is 2.22. The third-order valence-electron chi connectivity index (χ3n) is 1.71. The summed E-state index contributed by atoms with van der Waals surface area (Å²) < 4.78 is 45.2. The van der Waals surface area contributed by atoms with Gasteiger partial charge in [0.1, 0.15) is 6.54 Å². The van der Waals surface area contributed by atoms with Gasteiger partial charge in [0.05, 0.1) is 20.1 Å². The Hall–Kier alpha value is -1.47. The van der Waals surface area contributed by atoms with Crippen molar-refractivity contribution in [3.8, 4) is 0 Å². The molecule has 0 aromatic carbocycles. The van der Waals surface area contributed by atoms with Crippen LogP contribution in [0, 0.1) is 0 Å². The van der Waals surface area contributed by atoms with E-state index in [-0.39, 0.29) is 13.0 Å². The number of amides is 1. The Labute approximate surface area is 96.5 Å². The molecule has 0 radical (unpaired) electrons. The zero-order valence-electron chi connectivity index (χ0n) is 9.54. The molecule has 1 amide bonds. The largest absolute Gasteiger partial charge is 0.469 e. The summed E-state index contributed by atoms with van der Waals surface area (Å²) in [6.45, 7) is -0.413. The number of carbonyl (C=O) groups excluding carboxylic acids is 2. The number of hydrogen-bond acceptors (Lipinski definition) is 4. The van der Waals surface area contributed by atoms with Crippen molar-refractivity contribution in [3.05, 3.63) is 0 Å². The highest BCUT2D eigenvalue weighted by atomic mass is 19.4. The van der Waals surface area contributed by atoms with Gasteiger partial charge in [0.25, 0.3) is 0 Å². The van der Waals surface area contributed by atoms with E-state index in [0.29, 0.717) is 4.90 Å². The van der Waals surface area contributed by atoms with Crippen LogP contribution in [-0.2, 0) is 14.3 Å². The van der Waals surface area contributed by atoms with Crippen molar-refractivity contribution in [1.29, 1.82) is 0 Å². The maximum atomic E-state index is 12.1. The van der Waals surface area contributed by atoms with Crippen molar-refractivity contribution in [3.63, 3.8) is 0 Å². The van der Waals surface area contributed by atoms with E-state index < -0.39 is 31.3 Å². The van der Waals surface area contributed by atoms with Crippen LogP contribution in [0.15, 0.2) is 0 Å². The number of methoxy groups -OCH3 is 1. The molecule has 0 spiro atoms. The van der Waals surface area contributed by atoms with Gasteiger partial charge in [-0.05, 0) is 6.92 Å². The fourth-order valence-corrected chi connectivity index (χ4v) is 0.994. The molecule has 0 aliphatic carbocycles. The molecule has 0 rings (SSSR count). The number of esters is 1. The molecule has 0 aromatic rings. The molecule has 0 aliphatic rings. The second kappa shape index (κ2) is 6.97. The first kappa shape index (κ1) is 15.5. The molecule has 0 unspecified atom stereocenters. The lowest BCUT2D eigenvalue weighted by Gasteiger charge is -2.22. The first-order valence-corrected chi connectivity index (χ1v) is 4.85. The smallest absolute Gasteiger partial charge is 0.410 e. The predicted octanol–water partition coefficient (Wildman–Crippen LogP) is 1.57. The van der Waals surface area contributed by atoms with Crippen molar-refractivity contribution in [2.75, 3.05) is 26.8 Å². The lowest BCUT2D eigenvalue weighted by atomic mass is 10.4. The molecule has 8 heteroatoms. The number of halogens is 3. The molecule has 0 aromatic heterocycles. The van der Waals surface area contributed by atoms with Crippen molar-refractivity contribution >= 4 is 12.1 Å². The molecule has 0 atom stereocenters. The lowest BCUT2D eigenvalue weighted by molar-refractivity contribution is -0.148. The lowest BCUT2D eigenvalue weighted by Crippen LogP contribution is -2.40. The van der Waals surface area contributed by atoms with E-state index in [9.17, 15) is 22.8 Å². The van der Waals surface area contributed by atoms with Crippen LogP contribution in [0.2, 0.25) is 0 Å². The Morgan fingerprint density at radius 1 is 1.29 bits per heavy atom. The SMILES string of the molecule is CCOC(=O)N(CCC(=O)OC)CC(F)(F)F. The minimum Gasteiger partial charge on any atom is -0.469 e. The zero-order chi connectivity index (χ0) is 13.5. The highest BCUT2D eigenvalue weighted by molar-refractivity contribution is 5.71. The van der Waals surface area contributed by atoms with Gasteiger partial charge in [-0.15, -0.1) is 0 Å². The summed E-state index contributed by atoms with van der Waals surface area (Å²) in [5.74, 6) is -0.693.